The molecule has 2 aromatic carbocycles. The number of hydrogen-bond donors (Lipinski definition) is 2. The number of nitrogens with zero attached hydrogens (tertiary/aromatic N) is 1. The quantitative estimate of drug-likeness (QED) is 0.627. The number of benzene rings is 2. The Morgan fingerprint density at radius 2 is 1.00 bits per heavy atom. The maximum absolute atomic E-state index is 5.92. The summed E-state index contributed by atoms with van der Waals surface area (Å²) >= 11 is 0. The molecule has 1 heterocycles. The molecular formula is C21H15N3. The summed E-state index contributed by atoms with van der Waals surface area (Å²) in [5.41, 5.74) is 14.9. The lowest BCUT2D eigenvalue weighted by molar-refractivity contribution is 1.31. The van der Waals surface area contributed by atoms with Gasteiger partial charge in [0.05, 0.1) is 11.1 Å². The Morgan fingerprint density at radius 1 is 0.583 bits per heavy atom. The van der Waals surface area contributed by atoms with Crippen molar-refractivity contribution >= 4 is 11.6 Å². The molecule has 0 saturated heterocycles. The molecule has 3 nitrogen and oxygen atoms in total. The Balaban J connectivity index is 1.95. The van der Waals surface area contributed by atoms with Crippen molar-refractivity contribution in [3.63, 3.8) is 0 Å². The van der Waals surface area contributed by atoms with Gasteiger partial charge in [-0.1, -0.05) is 60.1 Å². The summed E-state index contributed by atoms with van der Waals surface area (Å²) in [6, 6.07) is 21.2. The first-order valence-corrected chi connectivity index (χ1v) is 7.42. The van der Waals surface area contributed by atoms with Crippen LogP contribution in [-0.2, 0) is 0 Å². The van der Waals surface area contributed by atoms with E-state index in [0.29, 0.717) is 22.8 Å². The molecule has 4 N–H and O–H groups in total. The van der Waals surface area contributed by atoms with Crippen LogP contribution >= 0.6 is 0 Å². The van der Waals surface area contributed by atoms with Gasteiger partial charge in [0.2, 0.25) is 0 Å². The van der Waals surface area contributed by atoms with Crippen LogP contribution in [0.25, 0.3) is 0 Å². The fourth-order valence-electron chi connectivity index (χ4n) is 2.06. The minimum Gasteiger partial charge on any atom is -0.383 e. The van der Waals surface area contributed by atoms with Gasteiger partial charge in [0.1, 0.15) is 11.6 Å². The third-order valence-corrected chi connectivity index (χ3v) is 3.31. The van der Waals surface area contributed by atoms with E-state index in [2.05, 4.69) is 28.7 Å². The number of anilines is 2. The summed E-state index contributed by atoms with van der Waals surface area (Å²) in [6.07, 6.45) is 0. The van der Waals surface area contributed by atoms with E-state index in [-0.39, 0.29) is 0 Å². The van der Waals surface area contributed by atoms with Gasteiger partial charge in [0.15, 0.2) is 0 Å². The lowest BCUT2D eigenvalue weighted by Crippen LogP contribution is -2.02. The van der Waals surface area contributed by atoms with Crippen LogP contribution in [0.5, 0.6) is 0 Å². The van der Waals surface area contributed by atoms with Gasteiger partial charge in [-0.3, -0.25) is 0 Å². The highest BCUT2D eigenvalue weighted by atomic mass is 14.9. The van der Waals surface area contributed by atoms with Crippen LogP contribution in [0.15, 0.2) is 66.7 Å². The summed E-state index contributed by atoms with van der Waals surface area (Å²) < 4.78 is 0. The summed E-state index contributed by atoms with van der Waals surface area (Å²) in [7, 11) is 0. The first kappa shape index (κ1) is 15.2. The molecule has 0 aliphatic rings. The zero-order valence-corrected chi connectivity index (χ0v) is 13.0. The van der Waals surface area contributed by atoms with Crippen LogP contribution in [-0.4, -0.2) is 4.98 Å². The van der Waals surface area contributed by atoms with E-state index in [9.17, 15) is 0 Å². The zero-order valence-electron chi connectivity index (χ0n) is 13.0. The van der Waals surface area contributed by atoms with Gasteiger partial charge >= 0.3 is 0 Å². The van der Waals surface area contributed by atoms with E-state index in [4.69, 9.17) is 11.5 Å². The Hall–Kier alpha value is -3.69. The summed E-state index contributed by atoms with van der Waals surface area (Å²) in [5, 5.41) is 0. The zero-order chi connectivity index (χ0) is 16.8. The van der Waals surface area contributed by atoms with E-state index in [1.54, 1.807) is 6.07 Å². The molecular weight excluding hydrogens is 294 g/mol. The molecule has 0 amide bonds. The first-order valence-electron chi connectivity index (χ1n) is 7.42. The maximum Gasteiger partial charge on any atom is 0.141 e. The lowest BCUT2D eigenvalue weighted by atomic mass is 10.1. The minimum absolute atomic E-state index is 0.307. The van der Waals surface area contributed by atoms with E-state index >= 15 is 0 Å². The van der Waals surface area contributed by atoms with Crippen molar-refractivity contribution in [3.05, 3.63) is 89.0 Å². The van der Waals surface area contributed by atoms with Crippen molar-refractivity contribution < 1.29 is 0 Å². The van der Waals surface area contributed by atoms with Gasteiger partial charge < -0.3 is 11.5 Å². The number of pyridine rings is 1. The van der Waals surface area contributed by atoms with Gasteiger partial charge in [0, 0.05) is 11.1 Å². The highest BCUT2D eigenvalue weighted by molar-refractivity contribution is 5.64. The highest BCUT2D eigenvalue weighted by Gasteiger charge is 2.04. The number of aromatic nitrogens is 1. The Kier molecular flexibility index (Phi) is 4.47. The molecule has 3 heteroatoms. The van der Waals surface area contributed by atoms with Gasteiger partial charge in [-0.25, -0.2) is 4.98 Å². The van der Waals surface area contributed by atoms with Crippen LogP contribution in [0, 0.1) is 23.7 Å². The van der Waals surface area contributed by atoms with Crippen LogP contribution in [0.4, 0.5) is 11.6 Å². The largest absolute Gasteiger partial charge is 0.383 e. The van der Waals surface area contributed by atoms with Gasteiger partial charge in [-0.05, 0) is 30.3 Å². The van der Waals surface area contributed by atoms with E-state index in [0.717, 1.165) is 11.1 Å². The summed E-state index contributed by atoms with van der Waals surface area (Å²) in [5.74, 6) is 12.8. The van der Waals surface area contributed by atoms with Crippen LogP contribution in [0.3, 0.4) is 0 Å². The fraction of sp³-hybridized carbons (Fsp3) is 0. The van der Waals surface area contributed by atoms with Crippen molar-refractivity contribution in [3.8, 4) is 23.7 Å². The second-order valence-corrected chi connectivity index (χ2v) is 5.09. The maximum atomic E-state index is 5.92. The standard InChI is InChI=1S/C21H15N3/c22-20-18(13-11-16-7-3-1-4-8-16)15-19(21(23)24-20)14-12-17-9-5-2-6-10-17/h1-10,15H,(H4,22,23,24). The molecule has 114 valence electrons. The number of hydrogen-bond acceptors (Lipinski definition) is 3. The van der Waals surface area contributed by atoms with Crippen LogP contribution < -0.4 is 11.5 Å². The third-order valence-electron chi connectivity index (χ3n) is 3.31. The Morgan fingerprint density at radius 3 is 1.42 bits per heavy atom. The molecule has 0 atom stereocenters. The highest BCUT2D eigenvalue weighted by Crippen LogP contribution is 2.16. The average molecular weight is 309 g/mol. The van der Waals surface area contributed by atoms with Crippen molar-refractivity contribution in [2.24, 2.45) is 0 Å². The average Bonchev–Trinajstić information content (AvgIpc) is 2.62. The summed E-state index contributed by atoms with van der Waals surface area (Å²) in [4.78, 5) is 4.15. The predicted octanol–water partition coefficient (Wildman–Crippen LogP) is 3.05. The number of nitrogen functional groups attached to an aromatic ring is 2. The normalized spacial score (nSPS) is 9.33. The number of rotatable bonds is 0. The van der Waals surface area contributed by atoms with Gasteiger partial charge in [-0.2, -0.15) is 0 Å². The molecule has 0 radical (unpaired) electrons. The third kappa shape index (κ3) is 3.74. The van der Waals surface area contributed by atoms with Gasteiger partial charge in [-0.15, -0.1) is 0 Å². The van der Waals surface area contributed by atoms with Crippen LogP contribution in [0.2, 0.25) is 0 Å². The van der Waals surface area contributed by atoms with E-state index < -0.39 is 0 Å². The van der Waals surface area contributed by atoms with Crippen molar-refractivity contribution in [2.75, 3.05) is 11.5 Å². The summed E-state index contributed by atoms with van der Waals surface area (Å²) in [6.45, 7) is 0. The smallest absolute Gasteiger partial charge is 0.141 e. The monoisotopic (exact) mass is 309 g/mol. The van der Waals surface area contributed by atoms with E-state index in [1.807, 2.05) is 60.7 Å². The molecule has 0 aliphatic heterocycles. The van der Waals surface area contributed by atoms with Gasteiger partial charge in [0.25, 0.3) is 0 Å². The van der Waals surface area contributed by atoms with Crippen molar-refractivity contribution in [2.45, 2.75) is 0 Å². The number of nitrogens with two attached hydrogens (primary N) is 2. The first-order chi connectivity index (χ1) is 11.7. The molecule has 0 bridgehead atoms. The predicted molar refractivity (Wildman–Crippen MR) is 97.9 cm³/mol. The molecule has 24 heavy (non-hydrogen) atoms. The topological polar surface area (TPSA) is 64.9 Å². The molecule has 0 unspecified atom stereocenters. The second-order valence-electron chi connectivity index (χ2n) is 5.09. The molecule has 0 saturated carbocycles. The molecule has 3 aromatic rings. The van der Waals surface area contributed by atoms with Crippen molar-refractivity contribution in [1.82, 2.24) is 4.98 Å². The Bertz CT molecular complexity index is 891. The second kappa shape index (κ2) is 7.05. The SMILES string of the molecule is Nc1nc(N)c(C#Cc2ccccc2)cc1C#Cc1ccccc1. The lowest BCUT2D eigenvalue weighted by Gasteiger charge is -2.02. The molecule has 0 spiro atoms. The molecule has 1 aromatic heterocycles. The molecule has 3 rings (SSSR count). The Labute approximate surface area is 141 Å². The molecule has 0 aliphatic carbocycles. The van der Waals surface area contributed by atoms with Crippen LogP contribution in [0.1, 0.15) is 22.3 Å². The fourth-order valence-corrected chi connectivity index (χ4v) is 2.06. The minimum atomic E-state index is 0.307. The van der Waals surface area contributed by atoms with E-state index in [1.165, 1.54) is 0 Å². The molecule has 0 fully saturated rings. The van der Waals surface area contributed by atoms with Crippen molar-refractivity contribution in [1.29, 1.82) is 0 Å².